The number of sulfone groups is 1. The number of carbonyl (C=O) groups excluding carboxylic acids is 1. The van der Waals surface area contributed by atoms with Crippen LogP contribution in [0, 0.1) is 5.92 Å². The fourth-order valence-corrected chi connectivity index (χ4v) is 3.20. The summed E-state index contributed by atoms with van der Waals surface area (Å²) in [5.74, 6) is 0.154. The van der Waals surface area contributed by atoms with E-state index in [0.717, 1.165) is 26.1 Å². The Balaban J connectivity index is 2.15. The zero-order chi connectivity index (χ0) is 14.3. The lowest BCUT2D eigenvalue weighted by Gasteiger charge is -2.37. The van der Waals surface area contributed by atoms with Crippen molar-refractivity contribution in [1.29, 1.82) is 0 Å². The predicted molar refractivity (Wildman–Crippen MR) is 75.8 cm³/mol. The van der Waals surface area contributed by atoms with Crippen LogP contribution in [0.1, 0.15) is 13.3 Å². The highest BCUT2D eigenvalue weighted by Crippen LogP contribution is 2.15. The largest absolute Gasteiger partial charge is 0.355 e. The number of likely N-dealkylation sites (tertiary alicyclic amines) is 1. The second-order valence-corrected chi connectivity index (χ2v) is 7.31. The highest BCUT2D eigenvalue weighted by molar-refractivity contribution is 7.91. The third-order valence-electron chi connectivity index (χ3n) is 3.24. The summed E-state index contributed by atoms with van der Waals surface area (Å²) in [5.41, 5.74) is 0. The molecule has 19 heavy (non-hydrogen) atoms. The highest BCUT2D eigenvalue weighted by Gasteiger charge is 2.31. The molecule has 0 radical (unpaired) electrons. The predicted octanol–water partition coefficient (Wildman–Crippen LogP) is -0.921. The molecule has 0 spiro atoms. The van der Waals surface area contributed by atoms with Gasteiger partial charge in [-0.1, -0.05) is 6.92 Å². The van der Waals surface area contributed by atoms with Crippen LogP contribution in [0.4, 0.5) is 0 Å². The molecule has 6 nitrogen and oxygen atoms in total. The van der Waals surface area contributed by atoms with E-state index in [4.69, 9.17) is 0 Å². The molecule has 1 aliphatic heterocycles. The van der Waals surface area contributed by atoms with Crippen LogP contribution in [0.25, 0.3) is 0 Å². The Kier molecular flexibility index (Phi) is 6.74. The lowest BCUT2D eigenvalue weighted by atomic mass is 9.99. The van der Waals surface area contributed by atoms with E-state index in [1.54, 1.807) is 7.05 Å². The maximum atomic E-state index is 11.7. The topological polar surface area (TPSA) is 78.5 Å². The Morgan fingerprint density at radius 1 is 1.26 bits per heavy atom. The minimum atomic E-state index is -3.06. The number of amides is 1. The Labute approximate surface area is 115 Å². The second-order valence-electron chi connectivity index (χ2n) is 5.00. The molecule has 2 N–H and O–H groups in total. The third-order valence-corrected chi connectivity index (χ3v) is 4.90. The second kappa shape index (κ2) is 7.81. The van der Waals surface area contributed by atoms with E-state index in [1.165, 1.54) is 0 Å². The monoisotopic (exact) mass is 291 g/mol. The van der Waals surface area contributed by atoms with Crippen LogP contribution < -0.4 is 10.6 Å². The van der Waals surface area contributed by atoms with Gasteiger partial charge >= 0.3 is 0 Å². The first kappa shape index (κ1) is 16.4. The molecule has 0 saturated carbocycles. The molecule has 112 valence electrons. The summed E-state index contributed by atoms with van der Waals surface area (Å²) in [6.07, 6.45) is 1.10. The SMILES string of the molecule is CCCN1CC(C(=O)NCCS(=O)(=O)CCNC)C1. The standard InChI is InChI=1S/C12H25N3O3S/c1-3-6-15-9-11(10-15)12(16)14-5-8-19(17,18)7-4-13-2/h11,13H,3-10H2,1-2H3,(H,14,16). The van der Waals surface area contributed by atoms with Crippen molar-refractivity contribution in [3.05, 3.63) is 0 Å². The molecule has 1 amide bonds. The number of nitrogens with zero attached hydrogens (tertiary/aromatic N) is 1. The summed E-state index contributed by atoms with van der Waals surface area (Å²) in [4.78, 5) is 14.0. The average Bonchev–Trinajstić information content (AvgIpc) is 2.30. The van der Waals surface area contributed by atoms with Gasteiger partial charge in [-0.2, -0.15) is 0 Å². The van der Waals surface area contributed by atoms with Crippen LogP contribution in [0.3, 0.4) is 0 Å². The van der Waals surface area contributed by atoms with Gasteiger partial charge in [-0.05, 0) is 20.0 Å². The third kappa shape index (κ3) is 5.88. The van der Waals surface area contributed by atoms with Gasteiger partial charge in [-0.15, -0.1) is 0 Å². The van der Waals surface area contributed by atoms with Crippen molar-refractivity contribution >= 4 is 15.7 Å². The smallest absolute Gasteiger partial charge is 0.225 e. The summed E-state index contributed by atoms with van der Waals surface area (Å²) in [7, 11) is -1.34. The normalized spacial score (nSPS) is 17.2. The molecular formula is C12H25N3O3S. The number of hydrogen-bond donors (Lipinski definition) is 2. The van der Waals surface area contributed by atoms with Crippen LogP contribution in [-0.4, -0.2) is 70.5 Å². The van der Waals surface area contributed by atoms with Gasteiger partial charge < -0.3 is 15.5 Å². The van der Waals surface area contributed by atoms with Crippen LogP contribution >= 0.6 is 0 Å². The van der Waals surface area contributed by atoms with E-state index in [0.29, 0.717) is 6.54 Å². The highest BCUT2D eigenvalue weighted by atomic mass is 32.2. The summed E-state index contributed by atoms with van der Waals surface area (Å²) in [6, 6.07) is 0. The van der Waals surface area contributed by atoms with E-state index in [9.17, 15) is 13.2 Å². The molecule has 0 aromatic rings. The van der Waals surface area contributed by atoms with Crippen molar-refractivity contribution in [1.82, 2.24) is 15.5 Å². The number of hydrogen-bond acceptors (Lipinski definition) is 5. The number of nitrogens with one attached hydrogen (secondary N) is 2. The quantitative estimate of drug-likeness (QED) is 0.574. The van der Waals surface area contributed by atoms with Crippen LogP contribution in [-0.2, 0) is 14.6 Å². The Hall–Kier alpha value is -0.660. The molecule has 1 aliphatic rings. The van der Waals surface area contributed by atoms with Crippen molar-refractivity contribution in [2.45, 2.75) is 13.3 Å². The van der Waals surface area contributed by atoms with E-state index in [1.807, 2.05) is 0 Å². The zero-order valence-electron chi connectivity index (χ0n) is 11.8. The van der Waals surface area contributed by atoms with Crippen LogP contribution in [0.5, 0.6) is 0 Å². The molecule has 0 aromatic carbocycles. The number of rotatable bonds is 9. The zero-order valence-corrected chi connectivity index (χ0v) is 12.6. The molecule has 1 rings (SSSR count). The molecule has 1 saturated heterocycles. The fourth-order valence-electron chi connectivity index (χ4n) is 2.07. The first-order valence-electron chi connectivity index (χ1n) is 6.83. The van der Waals surface area contributed by atoms with Gasteiger partial charge in [0.2, 0.25) is 5.91 Å². The van der Waals surface area contributed by atoms with Gasteiger partial charge in [-0.3, -0.25) is 4.79 Å². The summed E-state index contributed by atoms with van der Waals surface area (Å²) in [5, 5.41) is 5.52. The van der Waals surface area contributed by atoms with E-state index in [-0.39, 0.29) is 29.9 Å². The van der Waals surface area contributed by atoms with Gasteiger partial charge in [0.1, 0.15) is 0 Å². The van der Waals surface area contributed by atoms with E-state index < -0.39 is 9.84 Å². The molecule has 0 unspecified atom stereocenters. The van der Waals surface area contributed by atoms with Crippen molar-refractivity contribution < 1.29 is 13.2 Å². The van der Waals surface area contributed by atoms with Gasteiger partial charge in [0, 0.05) is 26.2 Å². The van der Waals surface area contributed by atoms with Crippen molar-refractivity contribution in [3.63, 3.8) is 0 Å². The molecule has 1 fully saturated rings. The van der Waals surface area contributed by atoms with E-state index in [2.05, 4.69) is 22.5 Å². The van der Waals surface area contributed by atoms with E-state index >= 15 is 0 Å². The van der Waals surface area contributed by atoms with Crippen LogP contribution in [0.15, 0.2) is 0 Å². The van der Waals surface area contributed by atoms with Crippen molar-refractivity contribution in [3.8, 4) is 0 Å². The average molecular weight is 291 g/mol. The lowest BCUT2D eigenvalue weighted by molar-refractivity contribution is -0.130. The Morgan fingerprint density at radius 3 is 2.47 bits per heavy atom. The van der Waals surface area contributed by atoms with Crippen molar-refractivity contribution in [2.24, 2.45) is 5.92 Å². The molecule has 1 heterocycles. The summed E-state index contributed by atoms with van der Waals surface area (Å²) >= 11 is 0. The minimum Gasteiger partial charge on any atom is -0.355 e. The first-order chi connectivity index (χ1) is 8.98. The molecule has 0 aromatic heterocycles. The van der Waals surface area contributed by atoms with Crippen LogP contribution in [0.2, 0.25) is 0 Å². The number of carbonyl (C=O) groups is 1. The van der Waals surface area contributed by atoms with Gasteiger partial charge in [0.05, 0.1) is 17.4 Å². The molecule has 0 aliphatic carbocycles. The lowest BCUT2D eigenvalue weighted by Crippen LogP contribution is -2.54. The van der Waals surface area contributed by atoms with Gasteiger partial charge in [0.15, 0.2) is 9.84 Å². The summed E-state index contributed by atoms with van der Waals surface area (Å²) in [6.45, 7) is 5.41. The summed E-state index contributed by atoms with van der Waals surface area (Å²) < 4.78 is 23.1. The van der Waals surface area contributed by atoms with Gasteiger partial charge in [-0.25, -0.2) is 8.42 Å². The van der Waals surface area contributed by atoms with Gasteiger partial charge in [0.25, 0.3) is 0 Å². The maximum absolute atomic E-state index is 11.7. The fraction of sp³-hybridized carbons (Fsp3) is 0.917. The molecule has 0 atom stereocenters. The molecular weight excluding hydrogens is 266 g/mol. The first-order valence-corrected chi connectivity index (χ1v) is 8.65. The molecule has 0 bridgehead atoms. The molecule has 7 heteroatoms. The maximum Gasteiger partial charge on any atom is 0.225 e. The minimum absolute atomic E-state index is 0.0174. The van der Waals surface area contributed by atoms with Crippen molar-refractivity contribution in [2.75, 3.05) is 51.3 Å². The Bertz CT molecular complexity index is 378. The Morgan fingerprint density at radius 2 is 1.89 bits per heavy atom.